The van der Waals surface area contributed by atoms with Gasteiger partial charge >= 0.3 is 10.3 Å². The van der Waals surface area contributed by atoms with Crippen LogP contribution in [0.3, 0.4) is 0 Å². The fourth-order valence-electron chi connectivity index (χ4n) is 2.32. The van der Waals surface area contributed by atoms with E-state index < -0.39 is 10.3 Å². The van der Waals surface area contributed by atoms with Crippen molar-refractivity contribution in [3.05, 3.63) is 36.0 Å². The van der Waals surface area contributed by atoms with Crippen molar-refractivity contribution in [1.82, 2.24) is 9.29 Å². The summed E-state index contributed by atoms with van der Waals surface area (Å²) in [5.74, 6) is -0.398. The van der Waals surface area contributed by atoms with Crippen LogP contribution in [0, 0.1) is 0 Å². The maximum Gasteiger partial charge on any atom is 0.362 e. The number of Topliss-reactive ketones (excluding diaryl/α,β-unsaturated/α-hetero) is 1. The van der Waals surface area contributed by atoms with Gasteiger partial charge in [0.25, 0.3) is 0 Å². The van der Waals surface area contributed by atoms with Gasteiger partial charge in [-0.3, -0.25) is 14.0 Å². The van der Waals surface area contributed by atoms with Crippen LogP contribution >= 0.6 is 0 Å². The Morgan fingerprint density at radius 2 is 2.08 bits per heavy atom. The number of nitrogens with zero attached hydrogens (tertiary/aromatic N) is 2. The molecule has 0 fully saturated rings. The monoisotopic (exact) mass is 352 g/mol. The molecule has 8 nitrogen and oxygen atoms in total. The molecule has 130 valence electrons. The first-order chi connectivity index (χ1) is 11.3. The van der Waals surface area contributed by atoms with E-state index in [2.05, 4.69) is 9.18 Å². The molecule has 0 radical (unpaired) electrons. The normalized spacial score (nSPS) is 12.5. The van der Waals surface area contributed by atoms with Crippen LogP contribution in [-0.4, -0.2) is 37.9 Å². The molecule has 0 unspecified atom stereocenters. The molecule has 0 spiro atoms. The molecule has 0 saturated heterocycles. The Balaban J connectivity index is 2.01. The van der Waals surface area contributed by atoms with Crippen molar-refractivity contribution in [2.75, 3.05) is 13.2 Å². The number of fused-ring (bicyclic) bond motifs is 1. The van der Waals surface area contributed by atoms with Gasteiger partial charge in [-0.1, -0.05) is 18.2 Å². The second-order valence-corrected chi connectivity index (χ2v) is 6.42. The number of ketones is 1. The van der Waals surface area contributed by atoms with Gasteiger partial charge in [0.15, 0.2) is 5.78 Å². The van der Waals surface area contributed by atoms with E-state index in [-0.39, 0.29) is 31.3 Å². The first-order valence-electron chi connectivity index (χ1n) is 7.38. The lowest BCUT2D eigenvalue weighted by atomic mass is 10.1. The minimum absolute atomic E-state index is 0.0117. The zero-order valence-electron chi connectivity index (χ0n) is 13.5. The van der Waals surface area contributed by atoms with E-state index >= 15 is 0 Å². The molecule has 0 bridgehead atoms. The second-order valence-electron chi connectivity index (χ2n) is 5.07. The van der Waals surface area contributed by atoms with Gasteiger partial charge in [0.1, 0.15) is 0 Å². The molecule has 0 aliphatic heterocycles. The molecule has 1 heterocycles. The molecular formula is C15H20N4O4S. The first kappa shape index (κ1) is 18.0. The molecule has 1 aromatic heterocycles. The number of rotatable bonds is 7. The molecule has 0 amide bonds. The molecule has 2 rings (SSSR count). The van der Waals surface area contributed by atoms with Gasteiger partial charge < -0.3 is 10.3 Å². The van der Waals surface area contributed by atoms with Crippen molar-refractivity contribution >= 4 is 32.9 Å². The van der Waals surface area contributed by atoms with Crippen LogP contribution in [0.2, 0.25) is 0 Å². The average molecular weight is 352 g/mol. The standard InChI is InChI=1S/C15H20N4O4S/c1-3-23-24(21,22)18-15(16)17-9-8-14(20)12-10-19(2)13-7-5-4-6-11(12)13/h4-7,10H,3,8-9H2,1-2H3,(H3,16,17,18). The molecule has 0 atom stereocenters. The highest BCUT2D eigenvalue weighted by Gasteiger charge is 2.14. The predicted molar refractivity (Wildman–Crippen MR) is 92.0 cm³/mol. The molecule has 0 saturated carbocycles. The van der Waals surface area contributed by atoms with E-state index in [1.807, 2.05) is 40.6 Å². The average Bonchev–Trinajstić information content (AvgIpc) is 2.84. The van der Waals surface area contributed by atoms with E-state index in [0.717, 1.165) is 10.9 Å². The summed E-state index contributed by atoms with van der Waals surface area (Å²) in [6, 6.07) is 7.60. The quantitative estimate of drug-likeness (QED) is 0.437. The zero-order chi connectivity index (χ0) is 17.7. The predicted octanol–water partition coefficient (Wildman–Crippen LogP) is 0.937. The third kappa shape index (κ3) is 4.33. The number of carbonyl (C=O) groups excluding carboxylic acids is 1. The van der Waals surface area contributed by atoms with Crippen molar-refractivity contribution in [3.63, 3.8) is 0 Å². The van der Waals surface area contributed by atoms with Crippen LogP contribution in [-0.2, 0) is 21.5 Å². The lowest BCUT2D eigenvalue weighted by Crippen LogP contribution is -2.38. The fourth-order valence-corrected chi connectivity index (χ4v) is 3.01. The van der Waals surface area contributed by atoms with Gasteiger partial charge in [-0.2, -0.15) is 8.42 Å². The molecule has 24 heavy (non-hydrogen) atoms. The van der Waals surface area contributed by atoms with Crippen LogP contribution < -0.4 is 10.5 Å². The van der Waals surface area contributed by atoms with Gasteiger partial charge in [-0.25, -0.2) is 4.72 Å². The Kier molecular flexibility index (Phi) is 5.58. The number of benzene rings is 1. The number of aliphatic imine (C=N–C) groups is 1. The summed E-state index contributed by atoms with van der Waals surface area (Å²) in [6.45, 7) is 1.60. The van der Waals surface area contributed by atoms with E-state index in [0.29, 0.717) is 5.56 Å². The van der Waals surface area contributed by atoms with Crippen LogP contribution in [0.1, 0.15) is 23.7 Å². The Hall–Kier alpha value is -2.39. The first-order valence-corrected chi connectivity index (χ1v) is 8.79. The number of aromatic nitrogens is 1. The molecule has 1 aromatic carbocycles. The summed E-state index contributed by atoms with van der Waals surface area (Å²) in [5.41, 5.74) is 7.05. The van der Waals surface area contributed by atoms with Gasteiger partial charge in [0, 0.05) is 36.1 Å². The third-order valence-electron chi connectivity index (χ3n) is 3.32. The fraction of sp³-hybridized carbons (Fsp3) is 0.333. The highest BCUT2D eigenvalue weighted by atomic mass is 32.2. The summed E-state index contributed by atoms with van der Waals surface area (Å²) in [6.07, 6.45) is 1.89. The van der Waals surface area contributed by atoms with Gasteiger partial charge in [-0.15, -0.1) is 0 Å². The van der Waals surface area contributed by atoms with E-state index in [4.69, 9.17) is 5.73 Å². The summed E-state index contributed by atoms with van der Waals surface area (Å²) in [5, 5.41) is 0.874. The number of aryl methyl sites for hydroxylation is 1. The largest absolute Gasteiger partial charge is 0.369 e. The van der Waals surface area contributed by atoms with Crippen LogP contribution in [0.25, 0.3) is 10.9 Å². The molecule has 9 heteroatoms. The second kappa shape index (κ2) is 7.45. The van der Waals surface area contributed by atoms with Crippen LogP contribution in [0.5, 0.6) is 0 Å². The molecule has 0 aliphatic carbocycles. The van der Waals surface area contributed by atoms with Crippen LogP contribution in [0.15, 0.2) is 35.5 Å². The van der Waals surface area contributed by atoms with Gasteiger partial charge in [0.05, 0.1) is 13.2 Å². The number of para-hydroxylation sites is 1. The number of hydrogen-bond donors (Lipinski definition) is 2. The van der Waals surface area contributed by atoms with E-state index in [1.54, 1.807) is 6.20 Å². The van der Waals surface area contributed by atoms with Crippen LogP contribution in [0.4, 0.5) is 0 Å². The Bertz CT molecular complexity index is 871. The van der Waals surface area contributed by atoms with Crippen molar-refractivity contribution in [3.8, 4) is 0 Å². The van der Waals surface area contributed by atoms with Crippen molar-refractivity contribution < 1.29 is 17.4 Å². The molecule has 0 aliphatic rings. The number of guanidine groups is 1. The molecular weight excluding hydrogens is 332 g/mol. The number of carbonyl (C=O) groups is 1. The summed E-state index contributed by atoms with van der Waals surface area (Å²) in [4.78, 5) is 16.2. The third-order valence-corrected chi connectivity index (χ3v) is 4.33. The molecule has 2 aromatic rings. The van der Waals surface area contributed by atoms with E-state index in [9.17, 15) is 13.2 Å². The maximum atomic E-state index is 12.4. The number of nitrogens with two attached hydrogens (primary N) is 1. The zero-order valence-corrected chi connectivity index (χ0v) is 14.3. The minimum Gasteiger partial charge on any atom is -0.369 e. The lowest BCUT2D eigenvalue weighted by molar-refractivity contribution is 0.0987. The summed E-state index contributed by atoms with van der Waals surface area (Å²) >= 11 is 0. The van der Waals surface area contributed by atoms with Crippen molar-refractivity contribution in [2.24, 2.45) is 17.8 Å². The van der Waals surface area contributed by atoms with Gasteiger partial charge in [-0.05, 0) is 13.0 Å². The Labute approximate surface area is 140 Å². The highest BCUT2D eigenvalue weighted by molar-refractivity contribution is 7.85. The Morgan fingerprint density at radius 3 is 2.79 bits per heavy atom. The highest BCUT2D eigenvalue weighted by Crippen LogP contribution is 2.21. The number of nitrogens with one attached hydrogen (secondary N) is 1. The topological polar surface area (TPSA) is 116 Å². The lowest BCUT2D eigenvalue weighted by Gasteiger charge is -2.05. The SMILES string of the molecule is CCOS(=O)(=O)NC(N)=NCCC(=O)c1cn(C)c2ccccc12. The number of hydrogen-bond acceptors (Lipinski definition) is 5. The van der Waals surface area contributed by atoms with Crippen molar-refractivity contribution in [2.45, 2.75) is 13.3 Å². The minimum atomic E-state index is -3.95. The summed E-state index contributed by atoms with van der Waals surface area (Å²) < 4.78 is 31.0. The Morgan fingerprint density at radius 1 is 1.38 bits per heavy atom. The molecule has 3 N–H and O–H groups in total. The smallest absolute Gasteiger partial charge is 0.362 e. The van der Waals surface area contributed by atoms with Crippen molar-refractivity contribution in [1.29, 1.82) is 0 Å². The van der Waals surface area contributed by atoms with Gasteiger partial charge in [0.2, 0.25) is 5.96 Å². The summed E-state index contributed by atoms with van der Waals surface area (Å²) in [7, 11) is -2.08. The van der Waals surface area contributed by atoms with E-state index in [1.165, 1.54) is 6.92 Å². The maximum absolute atomic E-state index is 12.4.